The zero-order valence-corrected chi connectivity index (χ0v) is 8.19. The summed E-state index contributed by atoms with van der Waals surface area (Å²) in [4.78, 5) is 4.40. The predicted molar refractivity (Wildman–Crippen MR) is 54.9 cm³/mol. The first-order valence-electron chi connectivity index (χ1n) is 5.37. The summed E-state index contributed by atoms with van der Waals surface area (Å²) in [6, 6.07) is 1.04. The molecule has 2 atom stereocenters. The van der Waals surface area contributed by atoms with Crippen LogP contribution >= 0.6 is 0 Å². The molecule has 1 aliphatic carbocycles. The van der Waals surface area contributed by atoms with Gasteiger partial charge < -0.3 is 9.88 Å². The van der Waals surface area contributed by atoms with Gasteiger partial charge in [0.2, 0.25) is 0 Å². The molecule has 0 radical (unpaired) electrons. The lowest BCUT2D eigenvalue weighted by atomic mass is 10.2. The molecule has 0 saturated heterocycles. The van der Waals surface area contributed by atoms with Crippen molar-refractivity contribution in [2.45, 2.75) is 37.9 Å². The first kappa shape index (κ1) is 8.24. The Morgan fingerprint density at radius 3 is 3.29 bits per heavy atom. The van der Waals surface area contributed by atoms with E-state index in [-0.39, 0.29) is 0 Å². The third-order valence-electron chi connectivity index (χ3n) is 3.15. The number of allylic oxidation sites excluding steroid dienone is 1. The Hall–Kier alpha value is -1.09. The van der Waals surface area contributed by atoms with Gasteiger partial charge in [-0.3, -0.25) is 0 Å². The quantitative estimate of drug-likeness (QED) is 0.717. The second kappa shape index (κ2) is 3.24. The molecule has 2 aliphatic rings. The van der Waals surface area contributed by atoms with Crippen molar-refractivity contribution < 1.29 is 0 Å². The molecule has 3 heteroatoms. The number of aryl methyl sites for hydroxylation is 1. The van der Waals surface area contributed by atoms with Crippen LogP contribution in [0.4, 0.5) is 0 Å². The van der Waals surface area contributed by atoms with Gasteiger partial charge in [0.05, 0.1) is 6.04 Å². The first-order valence-corrected chi connectivity index (χ1v) is 5.37. The molecule has 0 amide bonds. The van der Waals surface area contributed by atoms with Crippen molar-refractivity contribution >= 4 is 0 Å². The Bertz CT molecular complexity index is 353. The van der Waals surface area contributed by atoms with E-state index >= 15 is 0 Å². The van der Waals surface area contributed by atoms with Crippen LogP contribution in [-0.2, 0) is 6.54 Å². The number of imidazole rings is 1. The fourth-order valence-corrected chi connectivity index (χ4v) is 2.40. The Balaban J connectivity index is 1.72. The van der Waals surface area contributed by atoms with Crippen molar-refractivity contribution in [3.8, 4) is 0 Å². The number of hydrogen-bond donors (Lipinski definition) is 1. The minimum absolute atomic E-state index is 0.470. The highest BCUT2D eigenvalue weighted by molar-refractivity contribution is 5.08. The van der Waals surface area contributed by atoms with Gasteiger partial charge in [0, 0.05) is 25.0 Å². The molecule has 1 aliphatic heterocycles. The molecule has 0 spiro atoms. The summed E-state index contributed by atoms with van der Waals surface area (Å²) < 4.78 is 2.25. The SMILES string of the molecule is C1=CC(NC2CCn3ccnc32)CC1. The molecule has 0 bridgehead atoms. The summed E-state index contributed by atoms with van der Waals surface area (Å²) in [6.07, 6.45) is 12.2. The number of rotatable bonds is 2. The number of nitrogens with one attached hydrogen (secondary N) is 1. The van der Waals surface area contributed by atoms with Gasteiger partial charge in [-0.2, -0.15) is 0 Å². The maximum Gasteiger partial charge on any atom is 0.125 e. The highest BCUT2D eigenvalue weighted by Gasteiger charge is 2.25. The molecule has 3 nitrogen and oxygen atoms in total. The summed E-state index contributed by atoms with van der Waals surface area (Å²) in [5.41, 5.74) is 0. The average molecular weight is 189 g/mol. The summed E-state index contributed by atoms with van der Waals surface area (Å²) in [6.45, 7) is 1.11. The van der Waals surface area contributed by atoms with Crippen LogP contribution < -0.4 is 5.32 Å². The molecule has 2 unspecified atom stereocenters. The molecule has 1 N–H and O–H groups in total. The van der Waals surface area contributed by atoms with Crippen LogP contribution in [0.3, 0.4) is 0 Å². The van der Waals surface area contributed by atoms with Crippen LogP contribution in [0.25, 0.3) is 0 Å². The lowest BCUT2D eigenvalue weighted by Gasteiger charge is -2.15. The number of aromatic nitrogens is 2. The van der Waals surface area contributed by atoms with Crippen LogP contribution in [0.2, 0.25) is 0 Å². The highest BCUT2D eigenvalue weighted by Crippen LogP contribution is 2.25. The fraction of sp³-hybridized carbons (Fsp3) is 0.545. The van der Waals surface area contributed by atoms with Gasteiger partial charge in [0.25, 0.3) is 0 Å². The molecule has 3 rings (SSSR count). The molecular weight excluding hydrogens is 174 g/mol. The molecule has 0 saturated carbocycles. The third-order valence-corrected chi connectivity index (χ3v) is 3.15. The minimum atomic E-state index is 0.470. The van der Waals surface area contributed by atoms with Crippen LogP contribution in [0, 0.1) is 0 Å². The molecular formula is C11H15N3. The van der Waals surface area contributed by atoms with Crippen molar-refractivity contribution in [2.24, 2.45) is 0 Å². The monoisotopic (exact) mass is 189 g/mol. The van der Waals surface area contributed by atoms with Gasteiger partial charge in [0.1, 0.15) is 5.82 Å². The zero-order chi connectivity index (χ0) is 9.38. The largest absolute Gasteiger partial charge is 0.334 e. The summed E-state index contributed by atoms with van der Waals surface area (Å²) in [5, 5.41) is 3.65. The molecule has 14 heavy (non-hydrogen) atoms. The van der Waals surface area contributed by atoms with Gasteiger partial charge in [-0.05, 0) is 19.3 Å². The third kappa shape index (κ3) is 1.28. The van der Waals surface area contributed by atoms with E-state index in [4.69, 9.17) is 0 Å². The Morgan fingerprint density at radius 1 is 1.43 bits per heavy atom. The molecule has 1 aromatic heterocycles. The van der Waals surface area contributed by atoms with Gasteiger partial charge in [-0.25, -0.2) is 4.98 Å². The standard InChI is InChI=1S/C11H15N3/c1-2-4-9(3-1)13-10-5-7-14-8-6-12-11(10)14/h1,3,6,8-10,13H,2,4-5,7H2. The zero-order valence-electron chi connectivity index (χ0n) is 8.19. The molecule has 1 aromatic rings. The van der Waals surface area contributed by atoms with Crippen LogP contribution in [0.5, 0.6) is 0 Å². The van der Waals surface area contributed by atoms with Crippen molar-refractivity contribution in [1.82, 2.24) is 14.9 Å². The lowest BCUT2D eigenvalue weighted by Crippen LogP contribution is -2.29. The smallest absolute Gasteiger partial charge is 0.125 e. The Labute approximate surface area is 83.8 Å². The van der Waals surface area contributed by atoms with Crippen LogP contribution in [-0.4, -0.2) is 15.6 Å². The topological polar surface area (TPSA) is 29.9 Å². The van der Waals surface area contributed by atoms with E-state index in [1.54, 1.807) is 0 Å². The van der Waals surface area contributed by atoms with Gasteiger partial charge >= 0.3 is 0 Å². The van der Waals surface area contributed by atoms with Gasteiger partial charge in [0.15, 0.2) is 0 Å². The van der Waals surface area contributed by atoms with Crippen molar-refractivity contribution in [1.29, 1.82) is 0 Å². The van der Waals surface area contributed by atoms with Gasteiger partial charge in [-0.15, -0.1) is 0 Å². The normalized spacial score (nSPS) is 29.7. The lowest BCUT2D eigenvalue weighted by molar-refractivity contribution is 0.469. The van der Waals surface area contributed by atoms with Crippen molar-refractivity contribution in [3.63, 3.8) is 0 Å². The maximum absolute atomic E-state index is 4.40. The predicted octanol–water partition coefficient (Wildman–Crippen LogP) is 1.64. The second-order valence-electron chi connectivity index (χ2n) is 4.10. The van der Waals surface area contributed by atoms with Crippen LogP contribution in [0.1, 0.15) is 31.1 Å². The van der Waals surface area contributed by atoms with E-state index in [0.717, 1.165) is 6.54 Å². The number of nitrogens with zero attached hydrogens (tertiary/aromatic N) is 2. The summed E-state index contributed by atoms with van der Waals surface area (Å²) in [7, 11) is 0. The van der Waals surface area contributed by atoms with E-state index in [9.17, 15) is 0 Å². The first-order chi connectivity index (χ1) is 6.93. The Morgan fingerprint density at radius 2 is 2.43 bits per heavy atom. The summed E-state index contributed by atoms with van der Waals surface area (Å²) in [5.74, 6) is 1.21. The Kier molecular flexibility index (Phi) is 1.91. The van der Waals surface area contributed by atoms with E-state index < -0.39 is 0 Å². The average Bonchev–Trinajstić information content (AvgIpc) is 2.85. The molecule has 0 aromatic carbocycles. The fourth-order valence-electron chi connectivity index (χ4n) is 2.40. The van der Waals surface area contributed by atoms with Crippen molar-refractivity contribution in [3.05, 3.63) is 30.4 Å². The van der Waals surface area contributed by atoms with Gasteiger partial charge in [-0.1, -0.05) is 12.2 Å². The second-order valence-corrected chi connectivity index (χ2v) is 4.10. The molecule has 0 fully saturated rings. The van der Waals surface area contributed by atoms with E-state index in [0.29, 0.717) is 12.1 Å². The van der Waals surface area contributed by atoms with E-state index in [2.05, 4.69) is 33.2 Å². The number of hydrogen-bond acceptors (Lipinski definition) is 2. The molecule has 2 heterocycles. The van der Waals surface area contributed by atoms with E-state index in [1.165, 1.54) is 25.1 Å². The maximum atomic E-state index is 4.40. The highest BCUT2D eigenvalue weighted by atomic mass is 15.1. The minimum Gasteiger partial charge on any atom is -0.334 e. The summed E-state index contributed by atoms with van der Waals surface area (Å²) >= 11 is 0. The van der Waals surface area contributed by atoms with Crippen LogP contribution in [0.15, 0.2) is 24.5 Å². The van der Waals surface area contributed by atoms with E-state index in [1.807, 2.05) is 6.20 Å². The van der Waals surface area contributed by atoms with Crippen molar-refractivity contribution in [2.75, 3.05) is 0 Å². The number of fused-ring (bicyclic) bond motifs is 1. The molecule has 74 valence electrons.